The number of nitrogens with two attached hydrogens (primary N) is 1. The van der Waals surface area contributed by atoms with E-state index in [1.54, 1.807) is 36.4 Å². The van der Waals surface area contributed by atoms with Gasteiger partial charge < -0.3 is 10.5 Å². The van der Waals surface area contributed by atoms with Crippen LogP contribution in [0.3, 0.4) is 0 Å². The number of ether oxygens (including phenoxy) is 1. The molecule has 2 heterocycles. The molecule has 2 aliphatic heterocycles. The third-order valence-corrected chi connectivity index (χ3v) is 18.0. The standard InChI is InChI=1S/C23H31FN4O5S2.C23H30FN3O6S2/c1-3-35(32,33)28(17-20-8-7-19(14-22(20)24)23(29)15-25)21-6-4-5-18(13-21)16-26-9-11-27(12-10-26)34(2,30)31;1-4-35(31,32)27(17-20-9-8-19(15-22(20)24)23(28)33-2)21-7-5-6-18(14-21)16-25-10-12-26(13-11-25)34(3,29)30/h4-8,13-14H,3,9-12,15-17,25H2,1-2H3;5-9,14-15H,4,10-13,16-17H2,1-3H3. The summed E-state index contributed by atoms with van der Waals surface area (Å²) in [6.07, 6.45) is 2.39. The molecule has 0 unspecified atom stereocenters. The number of hydrogen-bond acceptors (Lipinski definition) is 14. The predicted octanol–water partition coefficient (Wildman–Crippen LogP) is 3.45. The smallest absolute Gasteiger partial charge is 0.337 e. The predicted molar refractivity (Wildman–Crippen MR) is 265 cm³/mol. The second-order valence-corrected chi connectivity index (χ2v) is 25.1. The SMILES string of the molecule is CCS(=O)(=O)N(Cc1ccc(C(=O)CN)cc1F)c1cccc(CN2CCN(S(C)(=O)=O)CC2)c1.CCS(=O)(=O)N(Cc1ccc(C(=O)OC)cc1F)c1cccc(CN2CCN(S(C)(=O)=O)CC2)c1. The zero-order valence-electron chi connectivity index (χ0n) is 39.8. The highest BCUT2D eigenvalue weighted by Crippen LogP contribution is 2.27. The first-order chi connectivity index (χ1) is 32.9. The van der Waals surface area contributed by atoms with E-state index in [1.807, 2.05) is 12.1 Å². The van der Waals surface area contributed by atoms with Crippen LogP contribution in [0.15, 0.2) is 84.9 Å². The third-order valence-electron chi connectivity index (χ3n) is 11.9. The lowest BCUT2D eigenvalue weighted by Crippen LogP contribution is -2.47. The van der Waals surface area contributed by atoms with Gasteiger partial charge in [0.2, 0.25) is 40.1 Å². The van der Waals surface area contributed by atoms with E-state index >= 15 is 0 Å². The minimum absolute atomic E-state index is 0.0385. The van der Waals surface area contributed by atoms with Gasteiger partial charge in [0, 0.05) is 82.1 Å². The lowest BCUT2D eigenvalue weighted by atomic mass is 10.1. The summed E-state index contributed by atoms with van der Waals surface area (Å²) >= 11 is 0. The second-order valence-electron chi connectivity index (χ2n) is 16.8. The summed E-state index contributed by atoms with van der Waals surface area (Å²) < 4.78 is 138. The Kier molecular flexibility index (Phi) is 19.2. The number of esters is 1. The van der Waals surface area contributed by atoms with Gasteiger partial charge >= 0.3 is 5.97 Å². The van der Waals surface area contributed by atoms with Crippen molar-refractivity contribution in [3.63, 3.8) is 0 Å². The number of halogens is 2. The number of carbonyl (C=O) groups excluding carboxylic acids is 2. The molecule has 2 N–H and O–H groups in total. The van der Waals surface area contributed by atoms with Gasteiger partial charge in [-0.25, -0.2) is 47.2 Å². The van der Waals surface area contributed by atoms with Crippen molar-refractivity contribution in [2.75, 3.05) is 98.6 Å². The molecule has 6 rings (SSSR count). The van der Waals surface area contributed by atoms with Crippen molar-refractivity contribution in [1.82, 2.24) is 18.4 Å². The number of ketones is 1. The Balaban J connectivity index is 0.000000261. The highest BCUT2D eigenvalue weighted by atomic mass is 32.2. The first kappa shape index (κ1) is 56.0. The van der Waals surface area contributed by atoms with Crippen molar-refractivity contribution in [1.29, 1.82) is 0 Å². The molecule has 2 aliphatic rings. The van der Waals surface area contributed by atoms with E-state index in [2.05, 4.69) is 14.5 Å². The van der Waals surface area contributed by atoms with E-state index < -0.39 is 63.5 Å². The average molecular weight is 1050 g/mol. The Bertz CT molecular complexity index is 2750. The Morgan fingerprint density at radius 2 is 0.971 bits per heavy atom. The van der Waals surface area contributed by atoms with Gasteiger partial charge in [-0.1, -0.05) is 42.5 Å². The zero-order valence-corrected chi connectivity index (χ0v) is 43.1. The van der Waals surface area contributed by atoms with Crippen LogP contribution >= 0.6 is 0 Å². The number of carbonyl (C=O) groups is 2. The van der Waals surface area contributed by atoms with Crippen LogP contribution in [0.4, 0.5) is 20.2 Å². The summed E-state index contributed by atoms with van der Waals surface area (Å²) in [4.78, 5) is 27.6. The van der Waals surface area contributed by atoms with Gasteiger partial charge in [0.25, 0.3) is 0 Å². The molecule has 2 saturated heterocycles. The molecule has 0 saturated carbocycles. The quantitative estimate of drug-likeness (QED) is 0.105. The van der Waals surface area contributed by atoms with Gasteiger partial charge in [0.05, 0.1) is 67.7 Å². The van der Waals surface area contributed by atoms with E-state index in [9.17, 15) is 52.0 Å². The molecule has 384 valence electrons. The van der Waals surface area contributed by atoms with Gasteiger partial charge in [0.15, 0.2) is 5.78 Å². The molecule has 2 fully saturated rings. The number of piperazine rings is 2. The molecule has 0 aliphatic carbocycles. The maximum absolute atomic E-state index is 14.8. The van der Waals surface area contributed by atoms with Crippen molar-refractivity contribution in [3.05, 3.63) is 130 Å². The largest absolute Gasteiger partial charge is 0.465 e. The second kappa shape index (κ2) is 24.0. The summed E-state index contributed by atoms with van der Waals surface area (Å²) in [5.74, 6) is -2.82. The summed E-state index contributed by atoms with van der Waals surface area (Å²) in [5, 5.41) is 0. The molecule has 4 aromatic carbocycles. The number of sulfonamides is 4. The monoisotopic (exact) mass is 1050 g/mol. The van der Waals surface area contributed by atoms with Crippen molar-refractivity contribution >= 4 is 63.2 Å². The van der Waals surface area contributed by atoms with E-state index in [0.29, 0.717) is 76.8 Å². The first-order valence-electron chi connectivity index (χ1n) is 22.3. The fourth-order valence-electron chi connectivity index (χ4n) is 7.78. The summed E-state index contributed by atoms with van der Waals surface area (Å²) in [7, 11) is -12.7. The average Bonchev–Trinajstić information content (AvgIpc) is 3.32. The molecule has 0 spiro atoms. The molecule has 18 nitrogen and oxygen atoms in total. The first-order valence-corrected chi connectivity index (χ1v) is 29.2. The Morgan fingerprint density at radius 1 is 0.586 bits per heavy atom. The minimum Gasteiger partial charge on any atom is -0.465 e. The number of Topliss-reactive ketones (excluding diaryl/α,β-unsaturated/α-hetero) is 1. The molecular formula is C46H61F2N7O11S4. The molecule has 4 aromatic rings. The topological polar surface area (TPSA) is 225 Å². The number of rotatable bonds is 19. The maximum Gasteiger partial charge on any atom is 0.337 e. The van der Waals surface area contributed by atoms with E-state index in [1.165, 1.54) is 70.6 Å². The highest BCUT2D eigenvalue weighted by molar-refractivity contribution is 7.93. The molecule has 24 heteroatoms. The Morgan fingerprint density at radius 3 is 1.31 bits per heavy atom. The van der Waals surface area contributed by atoms with Gasteiger partial charge in [-0.3, -0.25) is 23.2 Å². The van der Waals surface area contributed by atoms with Gasteiger partial charge in [-0.2, -0.15) is 8.61 Å². The van der Waals surface area contributed by atoms with E-state index in [0.717, 1.165) is 27.6 Å². The molecule has 0 amide bonds. The van der Waals surface area contributed by atoms with Crippen LogP contribution in [0.25, 0.3) is 0 Å². The fraction of sp³-hybridized carbons (Fsp3) is 0.435. The van der Waals surface area contributed by atoms with Crippen molar-refractivity contribution in [3.8, 4) is 0 Å². The van der Waals surface area contributed by atoms with Gasteiger partial charge in [-0.15, -0.1) is 0 Å². The number of nitrogens with zero attached hydrogens (tertiary/aromatic N) is 6. The van der Waals surface area contributed by atoms with Crippen LogP contribution < -0.4 is 14.3 Å². The Hall–Kier alpha value is -4.92. The number of benzene rings is 4. The summed E-state index contributed by atoms with van der Waals surface area (Å²) in [6.45, 7) is 7.22. The lowest BCUT2D eigenvalue weighted by Gasteiger charge is -2.33. The van der Waals surface area contributed by atoms with Crippen molar-refractivity contribution in [2.45, 2.75) is 40.0 Å². The Labute approximate surface area is 410 Å². The molecule has 0 atom stereocenters. The van der Waals surface area contributed by atoms with E-state index in [-0.39, 0.29) is 53.4 Å². The number of anilines is 2. The van der Waals surface area contributed by atoms with Gasteiger partial charge in [0.1, 0.15) is 11.6 Å². The third kappa shape index (κ3) is 15.1. The minimum atomic E-state index is -3.74. The summed E-state index contributed by atoms with van der Waals surface area (Å²) in [6, 6.07) is 21.8. The van der Waals surface area contributed by atoms with Gasteiger partial charge in [-0.05, 0) is 67.4 Å². The number of methoxy groups -OCH3 is 1. The van der Waals surface area contributed by atoms with Crippen molar-refractivity contribution in [2.24, 2.45) is 5.73 Å². The van der Waals surface area contributed by atoms with Crippen LogP contribution in [0, 0.1) is 11.6 Å². The zero-order chi connectivity index (χ0) is 51.6. The van der Waals surface area contributed by atoms with Crippen LogP contribution in [0.1, 0.15) is 56.8 Å². The van der Waals surface area contributed by atoms with E-state index in [4.69, 9.17) is 5.73 Å². The summed E-state index contributed by atoms with van der Waals surface area (Å²) in [5.41, 5.74) is 8.29. The van der Waals surface area contributed by atoms with Crippen LogP contribution in [0.2, 0.25) is 0 Å². The highest BCUT2D eigenvalue weighted by Gasteiger charge is 2.28. The van der Waals surface area contributed by atoms with Crippen molar-refractivity contribution < 1.29 is 56.8 Å². The maximum atomic E-state index is 14.8. The molecule has 0 bridgehead atoms. The molecular weight excluding hydrogens is 993 g/mol. The fourth-order valence-corrected chi connectivity index (χ4v) is 11.6. The number of hydrogen-bond donors (Lipinski definition) is 1. The molecule has 0 aromatic heterocycles. The normalized spacial score (nSPS) is 15.7. The molecule has 70 heavy (non-hydrogen) atoms. The van der Waals surface area contributed by atoms with Crippen LogP contribution in [-0.2, 0) is 71.0 Å². The lowest BCUT2D eigenvalue weighted by molar-refractivity contribution is 0.0600. The van der Waals surface area contributed by atoms with Crippen LogP contribution in [0.5, 0.6) is 0 Å². The van der Waals surface area contributed by atoms with Crippen LogP contribution in [-0.4, -0.2) is 154 Å². The molecule has 0 radical (unpaired) electrons.